The number of aromatic nitrogens is 3. The zero-order valence-corrected chi connectivity index (χ0v) is 13.9. The van der Waals surface area contributed by atoms with Gasteiger partial charge in [0.25, 0.3) is 0 Å². The third-order valence-corrected chi connectivity index (χ3v) is 2.64. The summed E-state index contributed by atoms with van der Waals surface area (Å²) in [5.41, 5.74) is 10.6. The van der Waals surface area contributed by atoms with Gasteiger partial charge >= 0.3 is 0 Å². The van der Waals surface area contributed by atoms with Crippen molar-refractivity contribution >= 4 is 17.8 Å². The summed E-state index contributed by atoms with van der Waals surface area (Å²) < 4.78 is 5.31. The van der Waals surface area contributed by atoms with E-state index < -0.39 is 6.23 Å². The van der Waals surface area contributed by atoms with Gasteiger partial charge in [-0.3, -0.25) is 0 Å². The molecule has 0 spiro atoms. The average molecular weight is 314 g/mol. The topological polar surface area (TPSA) is 132 Å². The van der Waals surface area contributed by atoms with Crippen molar-refractivity contribution in [3.8, 4) is 0 Å². The van der Waals surface area contributed by atoms with E-state index in [1.165, 1.54) is 25.7 Å². The smallest absolute Gasteiger partial charge is 0.231 e. The molecule has 1 atom stereocenters. The van der Waals surface area contributed by atoms with Crippen LogP contribution in [0.2, 0.25) is 0 Å². The van der Waals surface area contributed by atoms with Gasteiger partial charge in [-0.1, -0.05) is 33.6 Å². The lowest BCUT2D eigenvalue weighted by atomic mass is 10.3. The number of anilines is 3. The first-order valence-corrected chi connectivity index (χ1v) is 7.82. The lowest BCUT2D eigenvalue weighted by molar-refractivity contribution is 0.128. The number of nitrogens with zero attached hydrogens (tertiary/aromatic N) is 3. The van der Waals surface area contributed by atoms with E-state index in [2.05, 4.69) is 34.1 Å². The predicted molar refractivity (Wildman–Crippen MR) is 89.2 cm³/mol. The molecule has 0 radical (unpaired) electrons. The van der Waals surface area contributed by atoms with Crippen LogP contribution in [0, 0.1) is 0 Å². The lowest BCUT2D eigenvalue weighted by Crippen LogP contribution is -2.20. The van der Waals surface area contributed by atoms with Crippen LogP contribution in [0.25, 0.3) is 0 Å². The molecule has 0 bridgehead atoms. The molecule has 0 fully saturated rings. The van der Waals surface area contributed by atoms with E-state index in [1.54, 1.807) is 0 Å². The molecule has 1 unspecified atom stereocenters. The predicted octanol–water partition coefficient (Wildman–Crippen LogP) is 1.78. The van der Waals surface area contributed by atoms with Gasteiger partial charge in [-0.15, -0.1) is 0 Å². The Balaban J connectivity index is 0.000000433. The second-order valence-electron chi connectivity index (χ2n) is 4.76. The molecule has 0 aromatic carbocycles. The van der Waals surface area contributed by atoms with Crippen molar-refractivity contribution in [2.45, 2.75) is 59.1 Å². The molecule has 0 saturated heterocycles. The van der Waals surface area contributed by atoms with Crippen molar-refractivity contribution in [1.29, 1.82) is 0 Å². The Morgan fingerprint density at radius 2 is 1.50 bits per heavy atom. The fourth-order valence-electron chi connectivity index (χ4n) is 1.32. The van der Waals surface area contributed by atoms with E-state index in [4.69, 9.17) is 16.2 Å². The molecule has 1 rings (SSSR count). The number of nitrogens with two attached hydrogens (primary N) is 2. The Morgan fingerprint density at radius 1 is 1.00 bits per heavy atom. The minimum absolute atomic E-state index is 0.0262. The van der Waals surface area contributed by atoms with Crippen molar-refractivity contribution in [1.82, 2.24) is 15.0 Å². The van der Waals surface area contributed by atoms with Crippen LogP contribution in [0.4, 0.5) is 17.8 Å². The Kier molecular flexibility index (Phi) is 12.0. The minimum Gasteiger partial charge on any atom is -0.381 e. The van der Waals surface area contributed by atoms with Crippen LogP contribution >= 0.6 is 0 Å². The van der Waals surface area contributed by atoms with Crippen LogP contribution in [0.3, 0.4) is 0 Å². The van der Waals surface area contributed by atoms with Crippen LogP contribution in [-0.4, -0.2) is 39.5 Å². The molecule has 128 valence electrons. The summed E-state index contributed by atoms with van der Waals surface area (Å²) >= 11 is 0. The summed E-state index contributed by atoms with van der Waals surface area (Å²) in [6.45, 7) is 8.09. The fraction of sp³-hybridized carbons (Fsp3) is 0.786. The van der Waals surface area contributed by atoms with Gasteiger partial charge < -0.3 is 26.6 Å². The zero-order valence-electron chi connectivity index (χ0n) is 13.9. The maximum absolute atomic E-state index is 9.20. The molecule has 8 nitrogen and oxygen atoms in total. The Labute approximate surface area is 132 Å². The van der Waals surface area contributed by atoms with E-state index in [-0.39, 0.29) is 17.8 Å². The molecule has 8 heteroatoms. The number of hydrogen-bond donors (Lipinski definition) is 4. The summed E-state index contributed by atoms with van der Waals surface area (Å²) in [7, 11) is 0. The van der Waals surface area contributed by atoms with Gasteiger partial charge in [0.1, 0.15) is 6.23 Å². The number of rotatable bonds is 9. The van der Waals surface area contributed by atoms with Crippen molar-refractivity contribution in [3.05, 3.63) is 0 Å². The Hall–Kier alpha value is -1.67. The molecule has 1 aromatic heterocycles. The summed E-state index contributed by atoms with van der Waals surface area (Å²) in [4.78, 5) is 11.0. The first-order chi connectivity index (χ1) is 10.5. The third-order valence-electron chi connectivity index (χ3n) is 2.64. The summed E-state index contributed by atoms with van der Waals surface area (Å²) in [5, 5.41) is 11.8. The van der Waals surface area contributed by atoms with Crippen LogP contribution in [0.1, 0.15) is 52.9 Å². The second kappa shape index (κ2) is 13.0. The molecular formula is C14H30N6O2. The van der Waals surface area contributed by atoms with Gasteiger partial charge in [-0.2, -0.15) is 15.0 Å². The molecule has 0 aliphatic rings. The molecule has 22 heavy (non-hydrogen) atoms. The highest BCUT2D eigenvalue weighted by molar-refractivity contribution is 5.37. The monoisotopic (exact) mass is 314 g/mol. The number of aliphatic hydroxyl groups is 1. The number of nitrogen functional groups attached to an aromatic ring is 2. The minimum atomic E-state index is -0.707. The Bertz CT molecular complexity index is 365. The number of unbranched alkanes of at least 4 members (excludes halogenated alkanes) is 2. The van der Waals surface area contributed by atoms with E-state index >= 15 is 0 Å². The van der Waals surface area contributed by atoms with Crippen LogP contribution in [-0.2, 0) is 4.74 Å². The average Bonchev–Trinajstić information content (AvgIpc) is 2.46. The van der Waals surface area contributed by atoms with E-state index in [0.717, 1.165) is 13.2 Å². The van der Waals surface area contributed by atoms with Gasteiger partial charge in [0.2, 0.25) is 17.8 Å². The summed E-state index contributed by atoms with van der Waals surface area (Å²) in [6, 6.07) is 0. The van der Waals surface area contributed by atoms with Crippen LogP contribution in [0.15, 0.2) is 0 Å². The standard InChI is InChI=1S/C8H18O.C6H12N6O/c1-3-5-7-9-8-6-4-2;1-2-3(13)9-6-11-4(7)10-5(8)12-6/h3-8H2,1-2H3;3,13H,2H2,1H3,(H5,7,8,9,10,11,12). The van der Waals surface area contributed by atoms with Gasteiger partial charge in [0.05, 0.1) is 0 Å². The van der Waals surface area contributed by atoms with Gasteiger partial charge in [-0.25, -0.2) is 0 Å². The first kappa shape index (κ1) is 20.3. The Morgan fingerprint density at radius 3 is 1.91 bits per heavy atom. The fourth-order valence-corrected chi connectivity index (χ4v) is 1.32. The number of aliphatic hydroxyl groups excluding tert-OH is 1. The van der Waals surface area contributed by atoms with Crippen LogP contribution in [0.5, 0.6) is 0 Å². The zero-order chi connectivity index (χ0) is 16.8. The van der Waals surface area contributed by atoms with Gasteiger partial charge in [0, 0.05) is 13.2 Å². The van der Waals surface area contributed by atoms with E-state index in [9.17, 15) is 5.11 Å². The van der Waals surface area contributed by atoms with Crippen molar-refractivity contribution in [3.63, 3.8) is 0 Å². The molecular weight excluding hydrogens is 284 g/mol. The third kappa shape index (κ3) is 11.0. The second-order valence-corrected chi connectivity index (χ2v) is 4.76. The largest absolute Gasteiger partial charge is 0.381 e. The molecule has 1 heterocycles. The highest BCUT2D eigenvalue weighted by Gasteiger charge is 2.04. The van der Waals surface area contributed by atoms with E-state index in [1.807, 2.05) is 6.92 Å². The number of hydrogen-bond acceptors (Lipinski definition) is 8. The molecule has 1 aromatic rings. The number of ether oxygens (including phenoxy) is 1. The number of nitrogens with one attached hydrogen (secondary N) is 1. The molecule has 0 saturated carbocycles. The molecule has 0 amide bonds. The molecule has 0 aliphatic carbocycles. The maximum Gasteiger partial charge on any atom is 0.231 e. The van der Waals surface area contributed by atoms with Crippen molar-refractivity contribution in [2.24, 2.45) is 0 Å². The van der Waals surface area contributed by atoms with Gasteiger partial charge in [0.15, 0.2) is 0 Å². The summed E-state index contributed by atoms with van der Waals surface area (Å²) in [6.07, 6.45) is 4.73. The first-order valence-electron chi connectivity index (χ1n) is 7.82. The SMILES string of the molecule is CCC(O)Nc1nc(N)nc(N)n1.CCCCOCCCC. The normalized spacial score (nSPS) is 11.5. The quantitative estimate of drug-likeness (QED) is 0.400. The summed E-state index contributed by atoms with van der Waals surface area (Å²) in [5.74, 6) is 0.232. The maximum atomic E-state index is 9.20. The highest BCUT2D eigenvalue weighted by Crippen LogP contribution is 2.05. The molecule has 6 N–H and O–H groups in total. The molecule has 0 aliphatic heterocycles. The lowest BCUT2D eigenvalue weighted by Gasteiger charge is -2.09. The van der Waals surface area contributed by atoms with Crippen LogP contribution < -0.4 is 16.8 Å². The van der Waals surface area contributed by atoms with E-state index in [0.29, 0.717) is 6.42 Å². The highest BCUT2D eigenvalue weighted by atomic mass is 16.5. The van der Waals surface area contributed by atoms with Crippen molar-refractivity contribution in [2.75, 3.05) is 30.0 Å². The van der Waals surface area contributed by atoms with Crippen molar-refractivity contribution < 1.29 is 9.84 Å². The van der Waals surface area contributed by atoms with Gasteiger partial charge in [-0.05, 0) is 19.3 Å².